The number of amides is 1. The van der Waals surface area contributed by atoms with Crippen LogP contribution in [0.25, 0.3) is 0 Å². The fraction of sp³-hybridized carbons (Fsp3) is 0.636. The summed E-state index contributed by atoms with van der Waals surface area (Å²) in [4.78, 5) is 25.6. The summed E-state index contributed by atoms with van der Waals surface area (Å²) in [6, 6.07) is 5.02. The van der Waals surface area contributed by atoms with E-state index in [-0.39, 0.29) is 45.0 Å². The van der Waals surface area contributed by atoms with Crippen molar-refractivity contribution in [3.8, 4) is 5.75 Å². The molecule has 14 heteroatoms. The van der Waals surface area contributed by atoms with Crippen LogP contribution in [0.4, 0.5) is 10.5 Å². The van der Waals surface area contributed by atoms with E-state index in [4.69, 9.17) is 17.8 Å². The number of carbonyl (C=O) groups is 2. The number of carbonyl (C=O) groups excluding carboxylic acids is 2. The standard InChI is InChI=1S/C22H36N2O10S2/c1-17-9-10-18(24(12-14-31-35(5,27)28)13-15-32-36(6,29)30)16-19(17)33-20(25)8-7-11-23-21(26)34-22(2,3)4/h9-10,16H,7-8,11-15H2,1-6H3,(H,23,26). The van der Waals surface area contributed by atoms with Crippen LogP contribution in [0.5, 0.6) is 5.75 Å². The summed E-state index contributed by atoms with van der Waals surface area (Å²) < 4.78 is 65.3. The number of benzene rings is 1. The molecule has 0 atom stereocenters. The Kier molecular flexibility index (Phi) is 12.1. The summed E-state index contributed by atoms with van der Waals surface area (Å²) in [6.45, 7) is 7.09. The average molecular weight is 553 g/mol. The molecule has 1 N–H and O–H groups in total. The summed E-state index contributed by atoms with van der Waals surface area (Å²) in [6.07, 6.45) is 1.68. The van der Waals surface area contributed by atoms with Gasteiger partial charge in [-0.3, -0.25) is 13.2 Å². The molecule has 1 rings (SSSR count). The van der Waals surface area contributed by atoms with Gasteiger partial charge in [-0.15, -0.1) is 0 Å². The Morgan fingerprint density at radius 1 is 0.972 bits per heavy atom. The maximum absolute atomic E-state index is 12.3. The summed E-state index contributed by atoms with van der Waals surface area (Å²) >= 11 is 0. The molecule has 0 heterocycles. The number of nitrogens with zero attached hydrogens (tertiary/aromatic N) is 1. The minimum atomic E-state index is -3.66. The second-order valence-electron chi connectivity index (χ2n) is 9.00. The van der Waals surface area contributed by atoms with Crippen LogP contribution in [0, 0.1) is 6.92 Å². The minimum absolute atomic E-state index is 0.0492. The molecule has 0 saturated carbocycles. The Labute approximate surface area is 213 Å². The molecule has 36 heavy (non-hydrogen) atoms. The number of anilines is 1. The van der Waals surface area contributed by atoms with Crippen molar-refractivity contribution in [1.82, 2.24) is 5.32 Å². The lowest BCUT2D eigenvalue weighted by molar-refractivity contribution is -0.134. The van der Waals surface area contributed by atoms with E-state index in [9.17, 15) is 26.4 Å². The van der Waals surface area contributed by atoms with Crippen LogP contribution < -0.4 is 15.0 Å². The lowest BCUT2D eigenvalue weighted by Gasteiger charge is -2.25. The van der Waals surface area contributed by atoms with Crippen LogP contribution in [0.2, 0.25) is 0 Å². The molecule has 0 bridgehead atoms. The second-order valence-corrected chi connectivity index (χ2v) is 12.3. The normalized spacial score (nSPS) is 12.2. The molecule has 0 aliphatic carbocycles. The van der Waals surface area contributed by atoms with Crippen LogP contribution >= 0.6 is 0 Å². The number of hydrogen-bond donors (Lipinski definition) is 1. The first kappa shape index (κ1) is 31.6. The van der Waals surface area contributed by atoms with Crippen molar-refractivity contribution in [2.24, 2.45) is 0 Å². The molecule has 0 spiro atoms. The molecule has 0 aliphatic heterocycles. The van der Waals surface area contributed by atoms with Gasteiger partial charge in [-0.1, -0.05) is 6.07 Å². The zero-order chi connectivity index (χ0) is 27.6. The van der Waals surface area contributed by atoms with Gasteiger partial charge in [-0.05, 0) is 45.7 Å². The number of aryl methyl sites for hydroxylation is 1. The van der Waals surface area contributed by atoms with Gasteiger partial charge in [-0.25, -0.2) is 4.79 Å². The van der Waals surface area contributed by atoms with Crippen molar-refractivity contribution in [3.63, 3.8) is 0 Å². The second kappa shape index (κ2) is 13.8. The highest BCUT2D eigenvalue weighted by Gasteiger charge is 2.17. The van der Waals surface area contributed by atoms with E-state index in [1.54, 1.807) is 50.8 Å². The molecular formula is C22H36N2O10S2. The number of nitrogens with one attached hydrogen (secondary N) is 1. The maximum atomic E-state index is 12.3. The van der Waals surface area contributed by atoms with Crippen molar-refractivity contribution < 1.29 is 44.3 Å². The summed E-state index contributed by atoms with van der Waals surface area (Å²) in [5.41, 5.74) is 0.607. The summed E-state index contributed by atoms with van der Waals surface area (Å²) in [5.74, 6) is -0.218. The highest BCUT2D eigenvalue weighted by molar-refractivity contribution is 7.86. The quantitative estimate of drug-likeness (QED) is 0.156. The van der Waals surface area contributed by atoms with Crippen LogP contribution in [-0.4, -0.2) is 79.9 Å². The van der Waals surface area contributed by atoms with Crippen molar-refractivity contribution in [3.05, 3.63) is 23.8 Å². The van der Waals surface area contributed by atoms with E-state index in [1.165, 1.54) is 0 Å². The Hall–Kier alpha value is -2.42. The van der Waals surface area contributed by atoms with Gasteiger partial charge in [0.25, 0.3) is 20.2 Å². The topological polar surface area (TPSA) is 155 Å². The lowest BCUT2D eigenvalue weighted by Crippen LogP contribution is -2.33. The smallest absolute Gasteiger partial charge is 0.407 e. The Balaban J connectivity index is 2.78. The number of alkyl carbamates (subject to hydrolysis) is 1. The minimum Gasteiger partial charge on any atom is -0.444 e. The fourth-order valence-corrected chi connectivity index (χ4v) is 3.53. The number of hydrogen-bond acceptors (Lipinski definition) is 11. The van der Waals surface area contributed by atoms with Crippen LogP contribution in [0.1, 0.15) is 39.2 Å². The molecule has 12 nitrogen and oxygen atoms in total. The third kappa shape index (κ3) is 14.9. The molecule has 0 aliphatic rings. The van der Waals surface area contributed by atoms with Crippen molar-refractivity contribution >= 4 is 38.0 Å². The molecule has 1 amide bonds. The molecular weight excluding hydrogens is 516 g/mol. The van der Waals surface area contributed by atoms with Gasteiger partial charge in [-0.2, -0.15) is 16.8 Å². The maximum Gasteiger partial charge on any atom is 0.407 e. The predicted octanol–water partition coefficient (Wildman–Crippen LogP) is 1.96. The first-order chi connectivity index (χ1) is 16.5. The Bertz CT molecular complexity index is 1060. The number of ether oxygens (including phenoxy) is 2. The van der Waals surface area contributed by atoms with E-state index in [0.717, 1.165) is 12.5 Å². The summed E-state index contributed by atoms with van der Waals surface area (Å²) in [7, 11) is -7.32. The number of rotatable bonds is 14. The largest absolute Gasteiger partial charge is 0.444 e. The number of esters is 1. The van der Waals surface area contributed by atoms with Gasteiger partial charge < -0.3 is 19.7 Å². The molecule has 0 unspecified atom stereocenters. The van der Waals surface area contributed by atoms with Gasteiger partial charge >= 0.3 is 12.1 Å². The molecule has 0 saturated heterocycles. The third-order valence-electron chi connectivity index (χ3n) is 4.30. The third-order valence-corrected chi connectivity index (χ3v) is 5.49. The Morgan fingerprint density at radius 2 is 1.53 bits per heavy atom. The summed E-state index contributed by atoms with van der Waals surface area (Å²) in [5, 5.41) is 2.57. The van der Waals surface area contributed by atoms with Crippen molar-refractivity contribution in [1.29, 1.82) is 0 Å². The zero-order valence-electron chi connectivity index (χ0n) is 21.5. The van der Waals surface area contributed by atoms with Gasteiger partial charge in [0.05, 0.1) is 25.7 Å². The molecule has 0 fully saturated rings. The van der Waals surface area contributed by atoms with E-state index >= 15 is 0 Å². The molecule has 1 aromatic carbocycles. The van der Waals surface area contributed by atoms with Crippen molar-refractivity contribution in [2.75, 3.05) is 50.3 Å². The van der Waals surface area contributed by atoms with Crippen molar-refractivity contribution in [2.45, 2.75) is 46.1 Å². The first-order valence-electron chi connectivity index (χ1n) is 11.2. The van der Waals surface area contributed by atoms with E-state index < -0.39 is 37.9 Å². The van der Waals surface area contributed by atoms with E-state index in [2.05, 4.69) is 5.32 Å². The zero-order valence-corrected chi connectivity index (χ0v) is 23.2. The van der Waals surface area contributed by atoms with Gasteiger partial charge in [0, 0.05) is 37.8 Å². The van der Waals surface area contributed by atoms with Gasteiger partial charge in [0.2, 0.25) is 0 Å². The first-order valence-corrected chi connectivity index (χ1v) is 14.8. The van der Waals surface area contributed by atoms with Crippen LogP contribution in [0.15, 0.2) is 18.2 Å². The van der Waals surface area contributed by atoms with Gasteiger partial charge in [0.15, 0.2) is 0 Å². The molecule has 1 aromatic rings. The lowest BCUT2D eigenvalue weighted by atomic mass is 10.2. The molecule has 0 aromatic heterocycles. The fourth-order valence-electron chi connectivity index (χ4n) is 2.77. The van der Waals surface area contributed by atoms with Crippen LogP contribution in [0.3, 0.4) is 0 Å². The predicted molar refractivity (Wildman–Crippen MR) is 134 cm³/mol. The SMILES string of the molecule is Cc1ccc(N(CCOS(C)(=O)=O)CCOS(C)(=O)=O)cc1OC(=O)CCCNC(=O)OC(C)(C)C. The van der Waals surface area contributed by atoms with E-state index in [0.29, 0.717) is 17.7 Å². The highest BCUT2D eigenvalue weighted by atomic mass is 32.2. The highest BCUT2D eigenvalue weighted by Crippen LogP contribution is 2.26. The van der Waals surface area contributed by atoms with Gasteiger partial charge in [0.1, 0.15) is 11.4 Å². The van der Waals surface area contributed by atoms with Crippen LogP contribution in [-0.2, 0) is 38.1 Å². The molecule has 0 radical (unpaired) electrons. The van der Waals surface area contributed by atoms with E-state index in [1.807, 2.05) is 0 Å². The molecule has 206 valence electrons. The Morgan fingerprint density at radius 3 is 2.03 bits per heavy atom. The monoisotopic (exact) mass is 552 g/mol. The average Bonchev–Trinajstić information content (AvgIpc) is 2.69.